The highest BCUT2D eigenvalue weighted by molar-refractivity contribution is 7.51. The van der Waals surface area contributed by atoms with Crippen molar-refractivity contribution < 1.29 is 32.3 Å². The third-order valence-electron chi connectivity index (χ3n) is 6.75. The maximum absolute atomic E-state index is 16.5. The second-order valence-electron chi connectivity index (χ2n) is 9.44. The van der Waals surface area contributed by atoms with E-state index in [1.54, 1.807) is 6.07 Å². The Morgan fingerprint density at radius 1 is 1.43 bits per heavy atom. The number of unbranched alkanes of at least 4 members (excludes halogenated alkanes) is 4. The highest BCUT2D eigenvalue weighted by Gasteiger charge is 2.70. The van der Waals surface area contributed by atoms with Crippen molar-refractivity contribution in [3.8, 4) is 6.07 Å². The third kappa shape index (κ3) is 4.96. The first-order chi connectivity index (χ1) is 17.6. The van der Waals surface area contributed by atoms with Gasteiger partial charge in [-0.3, -0.25) is 13.8 Å². The molecule has 3 N–H and O–H groups in total. The molecule has 2 saturated heterocycles. The van der Waals surface area contributed by atoms with E-state index in [-0.39, 0.29) is 24.7 Å². The van der Waals surface area contributed by atoms with Crippen LogP contribution in [0.1, 0.15) is 58.6 Å². The number of carbonyl (C=O) groups is 1. The van der Waals surface area contributed by atoms with Gasteiger partial charge in [-0.25, -0.2) is 23.5 Å². The van der Waals surface area contributed by atoms with Gasteiger partial charge < -0.3 is 15.2 Å². The van der Waals surface area contributed by atoms with E-state index < -0.39 is 43.2 Å². The van der Waals surface area contributed by atoms with E-state index in [1.165, 1.54) is 23.8 Å². The molecule has 2 aromatic heterocycles. The second kappa shape index (κ2) is 10.6. The zero-order valence-electron chi connectivity index (χ0n) is 21.1. The lowest BCUT2D eigenvalue weighted by atomic mass is 9.82. The highest BCUT2D eigenvalue weighted by atomic mass is 31.2. The number of nitrogen functional groups attached to an aromatic ring is 1. The summed E-state index contributed by atoms with van der Waals surface area (Å²) in [6.45, 7) is 4.61. The monoisotopic (exact) mass is 538 g/mol. The average Bonchev–Trinajstić information content (AvgIpc) is 3.39. The third-order valence-corrected chi connectivity index (χ3v) is 8.44. The Kier molecular flexibility index (Phi) is 7.88. The average molecular weight is 539 g/mol. The van der Waals surface area contributed by atoms with Crippen molar-refractivity contribution >= 4 is 25.1 Å². The summed E-state index contributed by atoms with van der Waals surface area (Å²) in [4.78, 5) is 16.3. The number of nitriles is 1. The Morgan fingerprint density at radius 2 is 2.19 bits per heavy atom. The molecule has 0 aliphatic carbocycles. The van der Waals surface area contributed by atoms with Crippen LogP contribution in [0.15, 0.2) is 18.5 Å². The molecular weight excluding hydrogens is 506 g/mol. The first-order valence-electron chi connectivity index (χ1n) is 12.3. The minimum atomic E-state index is -4.16. The molecule has 0 radical (unpaired) electrons. The molecule has 2 aliphatic rings. The predicted molar refractivity (Wildman–Crippen MR) is 130 cm³/mol. The highest BCUT2D eigenvalue weighted by Crippen LogP contribution is 2.59. The molecule has 0 bridgehead atoms. The van der Waals surface area contributed by atoms with Gasteiger partial charge in [0.1, 0.15) is 36.2 Å². The summed E-state index contributed by atoms with van der Waals surface area (Å²) in [5.74, 6) is -0.491. The number of carbonyl (C=O) groups excluding carboxylic acids is 1. The maximum Gasteiger partial charge on any atom is 0.406 e. The van der Waals surface area contributed by atoms with Crippen LogP contribution in [-0.4, -0.2) is 57.7 Å². The normalized spacial score (nSPS) is 32.1. The maximum atomic E-state index is 16.5. The van der Waals surface area contributed by atoms with Gasteiger partial charge in [-0.05, 0) is 32.4 Å². The molecule has 14 heteroatoms. The summed E-state index contributed by atoms with van der Waals surface area (Å²) in [5, 5.41) is 16.8. The number of nitrogens with two attached hydrogens (primary N) is 1. The zero-order chi connectivity index (χ0) is 26.8. The molecule has 4 heterocycles. The molecule has 0 spiro atoms. The molecule has 37 heavy (non-hydrogen) atoms. The van der Waals surface area contributed by atoms with Gasteiger partial charge in [0.25, 0.3) is 0 Å². The van der Waals surface area contributed by atoms with Gasteiger partial charge in [0.05, 0.1) is 18.9 Å². The van der Waals surface area contributed by atoms with Gasteiger partial charge in [-0.15, -0.1) is 0 Å². The van der Waals surface area contributed by atoms with Crippen LogP contribution in [0.5, 0.6) is 0 Å². The number of aromatic nitrogens is 3. The van der Waals surface area contributed by atoms with Gasteiger partial charge in [0.2, 0.25) is 5.60 Å². The molecule has 0 amide bonds. The number of nitrogens with one attached hydrogen (secondary N) is 1. The van der Waals surface area contributed by atoms with Crippen molar-refractivity contribution in [2.24, 2.45) is 0 Å². The molecule has 0 aromatic carbocycles. The van der Waals surface area contributed by atoms with E-state index in [0.29, 0.717) is 5.52 Å². The van der Waals surface area contributed by atoms with Crippen molar-refractivity contribution in [2.75, 3.05) is 18.9 Å². The first kappa shape index (κ1) is 27.4. The van der Waals surface area contributed by atoms with Crippen molar-refractivity contribution in [2.45, 2.75) is 82.4 Å². The quantitative estimate of drug-likeness (QED) is 0.259. The van der Waals surface area contributed by atoms with Crippen LogP contribution in [0, 0.1) is 11.3 Å². The van der Waals surface area contributed by atoms with Crippen LogP contribution < -0.4 is 10.8 Å². The Bertz CT molecular complexity index is 1230. The largest absolute Gasteiger partial charge is 0.465 e. The smallest absolute Gasteiger partial charge is 0.406 e. The predicted octanol–water partition coefficient (Wildman–Crippen LogP) is 3.17. The van der Waals surface area contributed by atoms with Gasteiger partial charge >= 0.3 is 13.7 Å². The van der Waals surface area contributed by atoms with Crippen molar-refractivity contribution in [3.05, 3.63) is 24.2 Å². The summed E-state index contributed by atoms with van der Waals surface area (Å²) >= 11 is 0. The first-order valence-corrected chi connectivity index (χ1v) is 13.9. The molecule has 0 saturated carbocycles. The van der Waals surface area contributed by atoms with E-state index in [4.69, 9.17) is 24.3 Å². The minimum absolute atomic E-state index is 0.0702. The van der Waals surface area contributed by atoms with Gasteiger partial charge in [-0.2, -0.15) is 10.4 Å². The molecule has 12 nitrogen and oxygen atoms in total. The molecule has 202 valence electrons. The van der Waals surface area contributed by atoms with Gasteiger partial charge in [0.15, 0.2) is 11.5 Å². The Labute approximate surface area is 214 Å². The Hall–Kier alpha value is -2.62. The Balaban J connectivity index is 1.47. The number of rotatable bonds is 10. The summed E-state index contributed by atoms with van der Waals surface area (Å²) < 4.78 is 53.3. The number of fused-ring (bicyclic) bond motifs is 2. The van der Waals surface area contributed by atoms with Crippen LogP contribution >= 0.6 is 7.75 Å². The fourth-order valence-corrected chi connectivity index (χ4v) is 6.43. The summed E-state index contributed by atoms with van der Waals surface area (Å²) in [5.41, 5.74) is 1.64. The number of alkyl halides is 1. The number of nitrogens with zero attached hydrogens (tertiary/aromatic N) is 4. The molecule has 6 atom stereocenters. The van der Waals surface area contributed by atoms with Crippen LogP contribution in [0.4, 0.5) is 10.2 Å². The van der Waals surface area contributed by atoms with Crippen LogP contribution in [-0.2, 0) is 33.5 Å². The minimum Gasteiger partial charge on any atom is -0.465 e. The lowest BCUT2D eigenvalue weighted by molar-refractivity contribution is -0.145. The van der Waals surface area contributed by atoms with Gasteiger partial charge in [0, 0.05) is 0 Å². The van der Waals surface area contributed by atoms with E-state index >= 15 is 4.39 Å². The number of hydrogen-bond donors (Lipinski definition) is 2. The number of anilines is 1. The number of halogens is 1. The molecule has 2 fully saturated rings. The van der Waals surface area contributed by atoms with Crippen molar-refractivity contribution in [3.63, 3.8) is 0 Å². The molecular formula is C23H32FN6O6P. The SMILES string of the molecule is CCCCCCCOC(=O)C(C)NP1(=O)OC[C@H]2O[C@@](C#N)(c3ccc4c(N)ncnn34)[C@](C)(F)[C@@H]2O1. The number of hydrogen-bond acceptors (Lipinski definition) is 10. The molecule has 2 aromatic rings. The summed E-state index contributed by atoms with van der Waals surface area (Å²) in [6.07, 6.45) is 3.64. The summed E-state index contributed by atoms with van der Waals surface area (Å²) in [6, 6.07) is 3.90. The fourth-order valence-electron chi connectivity index (χ4n) is 4.68. The number of esters is 1. The van der Waals surface area contributed by atoms with Crippen LogP contribution in [0.3, 0.4) is 0 Å². The van der Waals surface area contributed by atoms with Crippen molar-refractivity contribution in [1.29, 1.82) is 5.26 Å². The van der Waals surface area contributed by atoms with E-state index in [0.717, 1.165) is 39.0 Å². The zero-order valence-corrected chi connectivity index (χ0v) is 21.9. The summed E-state index contributed by atoms with van der Waals surface area (Å²) in [7, 11) is -4.16. The standard InChI is InChI=1S/C23H32FN6O6P/c1-4-5-6-7-8-11-33-21(31)15(2)29-37(32)34-12-17-19(36-37)22(3,24)23(13-25,35-17)18-10-9-16-20(26)27-14-28-30(16)18/h9-10,14-15,17,19H,4-8,11-12H2,1-3H3,(H,29,32)(H2,26,27,28)/t15?,17-,19-,22-,23+,37?/m1/s1. The lowest BCUT2D eigenvalue weighted by Crippen LogP contribution is -2.51. The van der Waals surface area contributed by atoms with Gasteiger partial charge in [-0.1, -0.05) is 32.6 Å². The Morgan fingerprint density at radius 3 is 2.92 bits per heavy atom. The molecule has 4 rings (SSSR count). The van der Waals surface area contributed by atoms with Crippen LogP contribution in [0.2, 0.25) is 0 Å². The topological polar surface area (TPSA) is 163 Å². The van der Waals surface area contributed by atoms with E-state index in [1.807, 2.05) is 6.07 Å². The second-order valence-corrected chi connectivity index (χ2v) is 11.2. The lowest BCUT2D eigenvalue weighted by Gasteiger charge is -2.36. The van der Waals surface area contributed by atoms with E-state index in [2.05, 4.69) is 22.1 Å². The van der Waals surface area contributed by atoms with Crippen LogP contribution in [0.25, 0.3) is 5.52 Å². The van der Waals surface area contributed by atoms with E-state index in [9.17, 15) is 14.6 Å². The fraction of sp³-hybridized carbons (Fsp3) is 0.652. The molecule has 2 aliphatic heterocycles. The number of ether oxygens (including phenoxy) is 2. The van der Waals surface area contributed by atoms with Crippen molar-refractivity contribution in [1.82, 2.24) is 19.7 Å². The molecule has 2 unspecified atom stereocenters.